The molecule has 0 heterocycles. The molecule has 4 atom stereocenters. The fourth-order valence-corrected chi connectivity index (χ4v) is 4.22. The summed E-state index contributed by atoms with van der Waals surface area (Å²) in [6, 6.07) is 0. The lowest BCUT2D eigenvalue weighted by Crippen LogP contribution is -2.26. The standard InChI is InChI=1S/C10H16O/c11-6-10-4-7-1-8(5-10)3-9(10)2-7/h7-9,11H,1-6H2/t7-,8+,9?,10?. The highest BCUT2D eigenvalue weighted by molar-refractivity contribution is 5.06. The second-order valence-electron chi connectivity index (χ2n) is 5.06. The second kappa shape index (κ2) is 1.82. The van der Waals surface area contributed by atoms with Crippen LogP contribution in [-0.2, 0) is 0 Å². The van der Waals surface area contributed by atoms with Crippen molar-refractivity contribution in [2.24, 2.45) is 23.2 Å². The van der Waals surface area contributed by atoms with Crippen LogP contribution in [0.5, 0.6) is 0 Å². The molecule has 4 aliphatic carbocycles. The highest BCUT2D eigenvalue weighted by Crippen LogP contribution is 2.64. The summed E-state index contributed by atoms with van der Waals surface area (Å²) in [4.78, 5) is 0. The molecule has 4 bridgehead atoms. The number of hydrogen-bond acceptors (Lipinski definition) is 1. The van der Waals surface area contributed by atoms with Gasteiger partial charge in [-0.3, -0.25) is 0 Å². The Hall–Kier alpha value is -0.0400. The summed E-state index contributed by atoms with van der Waals surface area (Å²) in [6.45, 7) is 0.477. The lowest BCUT2D eigenvalue weighted by Gasteiger charge is -2.30. The first-order valence-corrected chi connectivity index (χ1v) is 4.93. The van der Waals surface area contributed by atoms with Crippen molar-refractivity contribution in [3.05, 3.63) is 0 Å². The molecule has 0 amide bonds. The van der Waals surface area contributed by atoms with Crippen molar-refractivity contribution in [1.82, 2.24) is 0 Å². The molecule has 62 valence electrons. The third-order valence-corrected chi connectivity index (χ3v) is 4.47. The average Bonchev–Trinajstić information content (AvgIpc) is 2.37. The van der Waals surface area contributed by atoms with Gasteiger partial charge in [-0.25, -0.2) is 0 Å². The van der Waals surface area contributed by atoms with Gasteiger partial charge in [0.15, 0.2) is 0 Å². The van der Waals surface area contributed by atoms with Gasteiger partial charge < -0.3 is 5.11 Å². The molecule has 1 nitrogen and oxygen atoms in total. The molecule has 0 aliphatic heterocycles. The van der Waals surface area contributed by atoms with Gasteiger partial charge >= 0.3 is 0 Å². The van der Waals surface area contributed by atoms with Crippen LogP contribution in [0.15, 0.2) is 0 Å². The van der Waals surface area contributed by atoms with E-state index in [1.54, 1.807) is 0 Å². The lowest BCUT2D eigenvalue weighted by atomic mass is 9.76. The van der Waals surface area contributed by atoms with Crippen LogP contribution >= 0.6 is 0 Å². The SMILES string of the molecule is OCC12C[C@@H]3CC1C[C@@H](C3)C2. The molecule has 1 N–H and O–H groups in total. The van der Waals surface area contributed by atoms with E-state index in [1.807, 2.05) is 0 Å². The Balaban J connectivity index is 1.98. The lowest BCUT2D eigenvalue weighted by molar-refractivity contribution is 0.0905. The molecule has 4 rings (SSSR count). The van der Waals surface area contributed by atoms with Gasteiger partial charge in [-0.15, -0.1) is 0 Å². The zero-order valence-corrected chi connectivity index (χ0v) is 6.92. The molecule has 1 heteroatoms. The summed E-state index contributed by atoms with van der Waals surface area (Å²) in [5, 5.41) is 9.37. The summed E-state index contributed by atoms with van der Waals surface area (Å²) in [5.74, 6) is 2.91. The molecule has 2 unspecified atom stereocenters. The van der Waals surface area contributed by atoms with Crippen LogP contribution in [0.4, 0.5) is 0 Å². The molecule has 0 aromatic heterocycles. The van der Waals surface area contributed by atoms with E-state index in [-0.39, 0.29) is 0 Å². The second-order valence-corrected chi connectivity index (χ2v) is 5.06. The minimum atomic E-state index is 0.424. The molecule has 4 aliphatic rings. The van der Waals surface area contributed by atoms with Gasteiger partial charge in [0.05, 0.1) is 0 Å². The van der Waals surface area contributed by atoms with E-state index in [0.29, 0.717) is 12.0 Å². The van der Waals surface area contributed by atoms with Crippen molar-refractivity contribution in [2.75, 3.05) is 6.61 Å². The minimum absolute atomic E-state index is 0.424. The highest BCUT2D eigenvalue weighted by atomic mass is 16.3. The molecule has 4 fully saturated rings. The van der Waals surface area contributed by atoms with Crippen molar-refractivity contribution >= 4 is 0 Å². The van der Waals surface area contributed by atoms with Crippen LogP contribution < -0.4 is 0 Å². The van der Waals surface area contributed by atoms with Gasteiger partial charge in [0, 0.05) is 6.61 Å². The van der Waals surface area contributed by atoms with E-state index in [9.17, 15) is 5.11 Å². The summed E-state index contributed by atoms with van der Waals surface area (Å²) in [5.41, 5.74) is 0.424. The Morgan fingerprint density at radius 1 is 1.09 bits per heavy atom. The topological polar surface area (TPSA) is 20.2 Å². The average molecular weight is 152 g/mol. The fraction of sp³-hybridized carbons (Fsp3) is 1.00. The first-order chi connectivity index (χ1) is 5.32. The van der Waals surface area contributed by atoms with Gasteiger partial charge in [-0.1, -0.05) is 0 Å². The predicted octanol–water partition coefficient (Wildman–Crippen LogP) is 1.80. The maximum atomic E-state index is 9.37. The summed E-state index contributed by atoms with van der Waals surface area (Å²) in [7, 11) is 0. The van der Waals surface area contributed by atoms with Gasteiger partial charge in [0.2, 0.25) is 0 Å². The van der Waals surface area contributed by atoms with Gasteiger partial charge in [-0.05, 0) is 55.3 Å². The number of aliphatic hydroxyl groups excluding tert-OH is 1. The van der Waals surface area contributed by atoms with Gasteiger partial charge in [-0.2, -0.15) is 0 Å². The van der Waals surface area contributed by atoms with E-state index < -0.39 is 0 Å². The van der Waals surface area contributed by atoms with E-state index >= 15 is 0 Å². The zero-order valence-electron chi connectivity index (χ0n) is 6.92. The predicted molar refractivity (Wildman–Crippen MR) is 43.1 cm³/mol. The first-order valence-electron chi connectivity index (χ1n) is 4.93. The molecular weight excluding hydrogens is 136 g/mol. The van der Waals surface area contributed by atoms with Crippen LogP contribution in [0.1, 0.15) is 32.1 Å². The van der Waals surface area contributed by atoms with Gasteiger partial charge in [0.25, 0.3) is 0 Å². The maximum absolute atomic E-state index is 9.37. The van der Waals surface area contributed by atoms with Gasteiger partial charge in [0.1, 0.15) is 0 Å². The molecule has 0 aromatic rings. The number of hydrogen-bond donors (Lipinski definition) is 1. The number of rotatable bonds is 1. The van der Waals surface area contributed by atoms with Crippen LogP contribution in [-0.4, -0.2) is 11.7 Å². The van der Waals surface area contributed by atoms with E-state index in [4.69, 9.17) is 0 Å². The molecule has 0 aromatic carbocycles. The molecule has 0 spiro atoms. The molecule has 11 heavy (non-hydrogen) atoms. The third kappa shape index (κ3) is 0.658. The minimum Gasteiger partial charge on any atom is -0.396 e. The smallest absolute Gasteiger partial charge is 0.0490 e. The first kappa shape index (κ1) is 6.47. The van der Waals surface area contributed by atoms with E-state index in [2.05, 4.69) is 0 Å². The molecule has 0 saturated heterocycles. The van der Waals surface area contributed by atoms with Crippen molar-refractivity contribution in [3.63, 3.8) is 0 Å². The number of aliphatic hydroxyl groups is 1. The molecule has 0 radical (unpaired) electrons. The van der Waals surface area contributed by atoms with Crippen LogP contribution in [0.2, 0.25) is 0 Å². The largest absolute Gasteiger partial charge is 0.396 e. The van der Waals surface area contributed by atoms with Crippen molar-refractivity contribution in [2.45, 2.75) is 32.1 Å². The zero-order chi connectivity index (χ0) is 7.47. The van der Waals surface area contributed by atoms with Crippen LogP contribution in [0.25, 0.3) is 0 Å². The van der Waals surface area contributed by atoms with E-state index in [1.165, 1.54) is 32.1 Å². The Kier molecular flexibility index (Phi) is 1.07. The van der Waals surface area contributed by atoms with E-state index in [0.717, 1.165) is 17.8 Å². The molecular formula is C10H16O. The van der Waals surface area contributed by atoms with Crippen molar-refractivity contribution in [1.29, 1.82) is 0 Å². The highest BCUT2D eigenvalue weighted by Gasteiger charge is 2.57. The summed E-state index contributed by atoms with van der Waals surface area (Å²) in [6.07, 6.45) is 7.07. The van der Waals surface area contributed by atoms with Crippen molar-refractivity contribution in [3.8, 4) is 0 Å². The third-order valence-electron chi connectivity index (χ3n) is 4.47. The summed E-state index contributed by atoms with van der Waals surface area (Å²) < 4.78 is 0. The Morgan fingerprint density at radius 3 is 2.18 bits per heavy atom. The summed E-state index contributed by atoms with van der Waals surface area (Å²) >= 11 is 0. The monoisotopic (exact) mass is 152 g/mol. The quantitative estimate of drug-likeness (QED) is 0.607. The molecule has 4 saturated carbocycles. The van der Waals surface area contributed by atoms with Crippen molar-refractivity contribution < 1.29 is 5.11 Å². The van der Waals surface area contributed by atoms with Crippen LogP contribution in [0.3, 0.4) is 0 Å². The Labute approximate surface area is 67.8 Å². The normalized spacial score (nSPS) is 59.2. The van der Waals surface area contributed by atoms with Crippen LogP contribution in [0, 0.1) is 23.2 Å². The Bertz CT molecular complexity index is 173. The Morgan fingerprint density at radius 2 is 1.73 bits per heavy atom. The fourth-order valence-electron chi connectivity index (χ4n) is 4.22. The maximum Gasteiger partial charge on any atom is 0.0490 e.